The van der Waals surface area contributed by atoms with Crippen LogP contribution in [-0.4, -0.2) is 25.0 Å². The van der Waals surface area contributed by atoms with Crippen LogP contribution in [0.5, 0.6) is 0 Å². The molecule has 4 nitrogen and oxygen atoms in total. The van der Waals surface area contributed by atoms with Crippen molar-refractivity contribution in [2.75, 3.05) is 7.11 Å². The molecule has 1 aromatic rings. The Labute approximate surface area is 118 Å². The lowest BCUT2D eigenvalue weighted by atomic mass is 9.75. The Bertz CT molecular complexity index is 516. The van der Waals surface area contributed by atoms with Gasteiger partial charge in [-0.3, -0.25) is 9.59 Å². The number of hydrogen-bond donors (Lipinski definition) is 1. The molecule has 0 heterocycles. The Morgan fingerprint density at radius 2 is 1.85 bits per heavy atom. The van der Waals surface area contributed by atoms with Gasteiger partial charge in [0.1, 0.15) is 5.41 Å². The molecule has 0 aliphatic heterocycles. The Balaban J connectivity index is 1.52. The van der Waals surface area contributed by atoms with Crippen molar-refractivity contribution in [1.29, 1.82) is 0 Å². The van der Waals surface area contributed by atoms with E-state index < -0.39 is 11.4 Å². The molecule has 0 spiro atoms. The number of carbonyl (C=O) groups is 2. The second-order valence-corrected chi connectivity index (χ2v) is 5.82. The summed E-state index contributed by atoms with van der Waals surface area (Å²) in [6.07, 6.45) is 3.13. The molecule has 0 unspecified atom stereocenters. The summed E-state index contributed by atoms with van der Waals surface area (Å²) in [5.74, 6) is -0.0235. The number of hydrogen-bond acceptors (Lipinski definition) is 3. The van der Waals surface area contributed by atoms with Crippen LogP contribution in [0.4, 0.5) is 0 Å². The summed E-state index contributed by atoms with van der Waals surface area (Å²) >= 11 is 0. The Hall–Kier alpha value is -1.84. The molecule has 2 saturated carbocycles. The van der Waals surface area contributed by atoms with Gasteiger partial charge in [-0.2, -0.15) is 0 Å². The molecule has 4 heteroatoms. The van der Waals surface area contributed by atoms with Gasteiger partial charge in [0.25, 0.3) is 0 Å². The topological polar surface area (TPSA) is 55.4 Å². The minimum Gasteiger partial charge on any atom is -0.468 e. The van der Waals surface area contributed by atoms with Gasteiger partial charge in [-0.25, -0.2) is 0 Å². The van der Waals surface area contributed by atoms with Crippen LogP contribution in [0, 0.1) is 5.41 Å². The highest BCUT2D eigenvalue weighted by Crippen LogP contribution is 2.47. The Kier molecular flexibility index (Phi) is 3.24. The van der Waals surface area contributed by atoms with Gasteiger partial charge in [-0.1, -0.05) is 30.3 Å². The van der Waals surface area contributed by atoms with E-state index in [2.05, 4.69) is 17.4 Å². The quantitative estimate of drug-likeness (QED) is 0.674. The van der Waals surface area contributed by atoms with E-state index in [1.165, 1.54) is 12.7 Å². The first-order chi connectivity index (χ1) is 9.65. The summed E-state index contributed by atoms with van der Waals surface area (Å²) < 4.78 is 4.72. The van der Waals surface area contributed by atoms with Crippen molar-refractivity contribution in [3.05, 3.63) is 35.9 Å². The van der Waals surface area contributed by atoms with E-state index in [0.29, 0.717) is 18.8 Å². The van der Waals surface area contributed by atoms with Crippen LogP contribution in [0.15, 0.2) is 30.3 Å². The average Bonchev–Trinajstić information content (AvgIpc) is 3.24. The van der Waals surface area contributed by atoms with Crippen molar-refractivity contribution in [2.45, 2.75) is 37.6 Å². The van der Waals surface area contributed by atoms with Crippen molar-refractivity contribution in [2.24, 2.45) is 5.41 Å². The zero-order valence-corrected chi connectivity index (χ0v) is 11.6. The van der Waals surface area contributed by atoms with Crippen molar-refractivity contribution in [3.8, 4) is 0 Å². The van der Waals surface area contributed by atoms with E-state index in [1.54, 1.807) is 0 Å². The first-order valence-electron chi connectivity index (χ1n) is 7.10. The van der Waals surface area contributed by atoms with Crippen LogP contribution < -0.4 is 5.32 Å². The van der Waals surface area contributed by atoms with E-state index >= 15 is 0 Å². The van der Waals surface area contributed by atoms with Crippen LogP contribution in [0.3, 0.4) is 0 Å². The van der Waals surface area contributed by atoms with Crippen molar-refractivity contribution >= 4 is 11.9 Å². The monoisotopic (exact) mass is 273 g/mol. The fraction of sp³-hybridized carbons (Fsp3) is 0.500. The maximum absolute atomic E-state index is 12.2. The second kappa shape index (κ2) is 4.93. The molecule has 2 aliphatic carbocycles. The fourth-order valence-corrected chi connectivity index (χ4v) is 2.90. The lowest BCUT2D eigenvalue weighted by Gasteiger charge is -2.36. The summed E-state index contributed by atoms with van der Waals surface area (Å²) in [5, 5.41) is 2.99. The maximum Gasteiger partial charge on any atom is 0.321 e. The second-order valence-electron chi connectivity index (χ2n) is 5.82. The normalized spacial score (nSPS) is 26.2. The van der Waals surface area contributed by atoms with Gasteiger partial charge in [-0.05, 0) is 37.2 Å². The van der Waals surface area contributed by atoms with E-state index in [9.17, 15) is 9.59 Å². The molecule has 20 heavy (non-hydrogen) atoms. The number of amides is 1. The molecule has 2 fully saturated rings. The predicted molar refractivity (Wildman–Crippen MR) is 74.0 cm³/mol. The number of rotatable bonds is 4. The first kappa shape index (κ1) is 13.2. The van der Waals surface area contributed by atoms with Crippen LogP contribution >= 0.6 is 0 Å². The number of esters is 1. The Morgan fingerprint density at radius 1 is 1.20 bits per heavy atom. The predicted octanol–water partition coefficient (Wildman–Crippen LogP) is 2.00. The highest BCUT2D eigenvalue weighted by molar-refractivity contribution is 6.05. The molecule has 1 N–H and O–H groups in total. The molecule has 0 aromatic heterocycles. The van der Waals surface area contributed by atoms with Crippen LogP contribution in [0.25, 0.3) is 0 Å². The summed E-state index contributed by atoms with van der Waals surface area (Å²) in [5.41, 5.74) is 0.444. The molecule has 0 bridgehead atoms. The zero-order valence-electron chi connectivity index (χ0n) is 11.6. The molecule has 3 rings (SSSR count). The maximum atomic E-state index is 12.2. The molecule has 106 valence electrons. The number of nitrogens with one attached hydrogen (secondary N) is 1. The first-order valence-corrected chi connectivity index (χ1v) is 7.10. The standard InChI is InChI=1S/C16H19NO3/c1-20-15(19)16(7-8-16)14(18)17-13-9-12(10-13)11-5-3-2-4-6-11/h2-6,12-13H,7-10H2,1H3,(H,17,18). The summed E-state index contributed by atoms with van der Waals surface area (Å²) in [4.78, 5) is 23.8. The number of carbonyl (C=O) groups excluding carboxylic acids is 2. The minimum absolute atomic E-state index is 0.152. The molecule has 0 radical (unpaired) electrons. The van der Waals surface area contributed by atoms with E-state index in [-0.39, 0.29) is 11.9 Å². The van der Waals surface area contributed by atoms with Gasteiger partial charge < -0.3 is 10.1 Å². The number of ether oxygens (including phenoxy) is 1. The molecule has 1 aromatic carbocycles. The summed E-state index contributed by atoms with van der Waals surface area (Å²) in [6, 6.07) is 10.5. The van der Waals surface area contributed by atoms with Gasteiger partial charge in [0, 0.05) is 6.04 Å². The van der Waals surface area contributed by atoms with Crippen LogP contribution in [-0.2, 0) is 14.3 Å². The molecule has 2 aliphatic rings. The van der Waals surface area contributed by atoms with E-state index in [1.807, 2.05) is 18.2 Å². The van der Waals surface area contributed by atoms with E-state index in [0.717, 1.165) is 12.8 Å². The van der Waals surface area contributed by atoms with Crippen molar-refractivity contribution in [3.63, 3.8) is 0 Å². The third kappa shape index (κ3) is 2.19. The number of benzene rings is 1. The average molecular weight is 273 g/mol. The Morgan fingerprint density at radius 3 is 2.40 bits per heavy atom. The minimum atomic E-state index is -0.882. The van der Waals surface area contributed by atoms with E-state index in [4.69, 9.17) is 4.74 Å². The van der Waals surface area contributed by atoms with Gasteiger partial charge >= 0.3 is 5.97 Å². The third-order valence-electron chi connectivity index (χ3n) is 4.51. The number of methoxy groups -OCH3 is 1. The molecule has 0 saturated heterocycles. The van der Waals surface area contributed by atoms with Crippen molar-refractivity contribution in [1.82, 2.24) is 5.32 Å². The SMILES string of the molecule is COC(=O)C1(C(=O)NC2CC(c3ccccc3)C2)CC1. The van der Waals surface area contributed by atoms with Crippen molar-refractivity contribution < 1.29 is 14.3 Å². The molecular formula is C16H19NO3. The summed E-state index contributed by atoms with van der Waals surface area (Å²) in [7, 11) is 1.34. The third-order valence-corrected chi connectivity index (χ3v) is 4.51. The fourth-order valence-electron chi connectivity index (χ4n) is 2.90. The largest absolute Gasteiger partial charge is 0.468 e. The molecular weight excluding hydrogens is 254 g/mol. The highest BCUT2D eigenvalue weighted by Gasteiger charge is 2.58. The molecule has 1 amide bonds. The highest BCUT2D eigenvalue weighted by atomic mass is 16.5. The lowest BCUT2D eigenvalue weighted by molar-refractivity contribution is -0.152. The van der Waals surface area contributed by atoms with Gasteiger partial charge in [-0.15, -0.1) is 0 Å². The summed E-state index contributed by atoms with van der Waals surface area (Å²) in [6.45, 7) is 0. The van der Waals surface area contributed by atoms with Crippen LogP contribution in [0.2, 0.25) is 0 Å². The lowest BCUT2D eigenvalue weighted by Crippen LogP contribution is -2.48. The van der Waals surface area contributed by atoms with Gasteiger partial charge in [0.2, 0.25) is 5.91 Å². The zero-order chi connectivity index (χ0) is 14.2. The van der Waals surface area contributed by atoms with Gasteiger partial charge in [0.05, 0.1) is 7.11 Å². The van der Waals surface area contributed by atoms with Crippen LogP contribution in [0.1, 0.15) is 37.2 Å². The van der Waals surface area contributed by atoms with Gasteiger partial charge in [0.15, 0.2) is 0 Å². The smallest absolute Gasteiger partial charge is 0.321 e. The molecule has 0 atom stereocenters.